The van der Waals surface area contributed by atoms with Crippen LogP contribution < -0.4 is 9.46 Å². The van der Waals surface area contributed by atoms with Gasteiger partial charge in [0.25, 0.3) is 0 Å². The highest BCUT2D eigenvalue weighted by molar-refractivity contribution is 7.84. The molecule has 2 atom stereocenters. The molecule has 0 spiro atoms. The van der Waals surface area contributed by atoms with E-state index in [2.05, 4.69) is 9.71 Å². The van der Waals surface area contributed by atoms with Crippen LogP contribution in [0.1, 0.15) is 31.9 Å². The largest absolute Gasteiger partial charge is 0.465 e. The highest BCUT2D eigenvalue weighted by Gasteiger charge is 2.58. The lowest BCUT2D eigenvalue weighted by molar-refractivity contribution is -0.179. The van der Waals surface area contributed by atoms with Crippen LogP contribution in [0, 0.1) is 5.82 Å². The number of halogens is 5. The number of aromatic nitrogens is 1. The van der Waals surface area contributed by atoms with Gasteiger partial charge in [-0.3, -0.25) is 0 Å². The minimum Gasteiger partial charge on any atom is -0.465 e. The zero-order valence-electron chi connectivity index (χ0n) is 21.1. The second kappa shape index (κ2) is 11.9. The molecule has 0 fully saturated rings. The molecule has 0 aliphatic carbocycles. The van der Waals surface area contributed by atoms with Crippen LogP contribution in [-0.4, -0.2) is 34.0 Å². The summed E-state index contributed by atoms with van der Waals surface area (Å²) in [5.74, 6) is -0.871. The maximum Gasteiger partial charge on any atom is 0.415 e. The van der Waals surface area contributed by atoms with E-state index in [9.17, 15) is 8.60 Å². The Balaban J connectivity index is 2.41. The van der Waals surface area contributed by atoms with Gasteiger partial charge < -0.3 is 9.47 Å². The Hall–Kier alpha value is -2.79. The van der Waals surface area contributed by atoms with Crippen molar-refractivity contribution in [3.05, 3.63) is 88.8 Å². The average Bonchev–Trinajstić information content (AvgIpc) is 2.85. The van der Waals surface area contributed by atoms with Crippen LogP contribution in [0.25, 0.3) is 17.3 Å². The first-order chi connectivity index (χ1) is 17.8. The third-order valence-corrected chi connectivity index (χ3v) is 7.20. The minimum atomic E-state index is -5.05. The normalized spacial score (nSPS) is 14.9. The first kappa shape index (κ1) is 29.8. The summed E-state index contributed by atoms with van der Waals surface area (Å²) in [6.07, 6.45) is -2.90. The molecule has 0 aliphatic heterocycles. The summed E-state index contributed by atoms with van der Waals surface area (Å²) < 4.78 is 84.6. The van der Waals surface area contributed by atoms with Crippen molar-refractivity contribution in [2.45, 2.75) is 37.2 Å². The molecule has 5 nitrogen and oxygen atoms in total. The number of rotatable bonds is 9. The van der Waals surface area contributed by atoms with Gasteiger partial charge in [0.05, 0.1) is 15.7 Å². The van der Waals surface area contributed by atoms with Crippen LogP contribution in [0.15, 0.2) is 66.7 Å². The van der Waals surface area contributed by atoms with Gasteiger partial charge in [-0.05, 0) is 62.7 Å². The number of pyridine rings is 1. The smallest absolute Gasteiger partial charge is 0.415 e. The highest BCUT2D eigenvalue weighted by atomic mass is 35.5. The summed E-state index contributed by atoms with van der Waals surface area (Å²) in [6, 6.07) is 14.3. The maximum absolute atomic E-state index is 15.3. The number of nitrogens with one attached hydrogen (secondary N) is 1. The van der Waals surface area contributed by atoms with E-state index in [1.807, 2.05) is 0 Å². The maximum atomic E-state index is 15.3. The fraction of sp³-hybridized carbons (Fsp3) is 0.296. The van der Waals surface area contributed by atoms with Crippen LogP contribution in [0.5, 0.6) is 5.75 Å². The second-order valence-corrected chi connectivity index (χ2v) is 11.6. The van der Waals surface area contributed by atoms with Crippen LogP contribution in [-0.2, 0) is 21.3 Å². The van der Waals surface area contributed by atoms with Gasteiger partial charge >= 0.3 is 6.18 Å². The van der Waals surface area contributed by atoms with Crippen molar-refractivity contribution >= 4 is 28.7 Å². The molecule has 2 aromatic carbocycles. The molecule has 0 radical (unpaired) electrons. The average molecular weight is 571 g/mol. The first-order valence-electron chi connectivity index (χ1n) is 11.4. The Morgan fingerprint density at radius 2 is 1.68 bits per heavy atom. The summed E-state index contributed by atoms with van der Waals surface area (Å²) in [5.41, 5.74) is -2.89. The molecule has 1 heterocycles. The molecule has 38 heavy (non-hydrogen) atoms. The topological polar surface area (TPSA) is 60.5 Å². The fourth-order valence-corrected chi connectivity index (χ4v) is 4.52. The standard InChI is InChI=1S/C27H27ClF4N2O3S/c1-25(2,3)38(35)34-26(27(30,31)32,15-14-18-8-6-5-7-9-18)21-16-22(28)33-23(24(21)37-17-36-4)19-10-12-20(29)13-11-19/h5-16,34H,17H2,1-4H3/b15-14+/t26-,38?/m0/s1. The first-order valence-corrected chi connectivity index (χ1v) is 12.9. The van der Waals surface area contributed by atoms with E-state index in [4.69, 9.17) is 21.1 Å². The summed E-state index contributed by atoms with van der Waals surface area (Å²) in [6.45, 7) is 4.21. The molecule has 0 saturated heterocycles. The van der Waals surface area contributed by atoms with Crippen LogP contribution in [0.4, 0.5) is 17.6 Å². The molecule has 1 N–H and O–H groups in total. The van der Waals surface area contributed by atoms with Crippen LogP contribution in [0.3, 0.4) is 0 Å². The zero-order valence-corrected chi connectivity index (χ0v) is 22.7. The Morgan fingerprint density at radius 3 is 2.24 bits per heavy atom. The summed E-state index contributed by atoms with van der Waals surface area (Å²) >= 11 is 6.27. The van der Waals surface area contributed by atoms with E-state index in [-0.39, 0.29) is 22.2 Å². The Morgan fingerprint density at radius 1 is 1.05 bits per heavy atom. The van der Waals surface area contributed by atoms with Crippen LogP contribution in [0.2, 0.25) is 5.15 Å². The summed E-state index contributed by atoms with van der Waals surface area (Å²) in [7, 11) is -0.902. The van der Waals surface area contributed by atoms with E-state index in [0.717, 1.165) is 24.3 Å². The van der Waals surface area contributed by atoms with Gasteiger partial charge in [0.2, 0.25) is 0 Å². The number of hydrogen-bond acceptors (Lipinski definition) is 4. The highest BCUT2D eigenvalue weighted by Crippen LogP contribution is 2.48. The molecular formula is C27H27ClF4N2O3S. The third-order valence-electron chi connectivity index (χ3n) is 5.39. The van der Waals surface area contributed by atoms with Crippen molar-refractivity contribution in [3.8, 4) is 17.0 Å². The molecule has 11 heteroatoms. The second-order valence-electron chi connectivity index (χ2n) is 9.26. The van der Waals surface area contributed by atoms with Crippen LogP contribution >= 0.6 is 11.6 Å². The predicted octanol–water partition coefficient (Wildman–Crippen LogP) is 7.05. The molecule has 0 bridgehead atoms. The molecule has 3 aromatic rings. The molecule has 204 valence electrons. The van der Waals surface area contributed by atoms with E-state index in [1.54, 1.807) is 51.1 Å². The molecule has 1 aromatic heterocycles. The van der Waals surface area contributed by atoms with Crippen molar-refractivity contribution in [2.24, 2.45) is 0 Å². The van der Waals surface area contributed by atoms with Gasteiger partial charge in [-0.2, -0.15) is 13.2 Å². The summed E-state index contributed by atoms with van der Waals surface area (Å²) in [4.78, 5) is 4.20. The van der Waals surface area contributed by atoms with Gasteiger partial charge in [0.1, 0.15) is 16.7 Å². The summed E-state index contributed by atoms with van der Waals surface area (Å²) in [5, 5.41) is -0.283. The lowest BCUT2D eigenvalue weighted by Crippen LogP contribution is -2.56. The lowest BCUT2D eigenvalue weighted by Gasteiger charge is -2.37. The Kier molecular flexibility index (Phi) is 9.35. The number of benzene rings is 2. The van der Waals surface area contributed by atoms with Crippen molar-refractivity contribution < 1.29 is 31.2 Å². The zero-order chi connectivity index (χ0) is 28.1. The molecular weight excluding hydrogens is 544 g/mol. The van der Waals surface area contributed by atoms with Crippen molar-refractivity contribution in [3.63, 3.8) is 0 Å². The molecule has 3 rings (SSSR count). The van der Waals surface area contributed by atoms with E-state index >= 15 is 13.2 Å². The van der Waals surface area contributed by atoms with Crippen molar-refractivity contribution in [2.75, 3.05) is 13.9 Å². The molecule has 0 saturated carbocycles. The van der Waals surface area contributed by atoms with Gasteiger partial charge in [0, 0.05) is 18.2 Å². The van der Waals surface area contributed by atoms with E-state index in [0.29, 0.717) is 5.56 Å². The number of methoxy groups -OCH3 is 1. The Bertz CT molecular complexity index is 1300. The Labute approximate surface area is 226 Å². The minimum absolute atomic E-state index is 0.0744. The van der Waals surface area contributed by atoms with Crippen molar-refractivity contribution in [1.82, 2.24) is 9.71 Å². The molecule has 0 aliphatic rings. The van der Waals surface area contributed by atoms with Gasteiger partial charge in [-0.1, -0.05) is 48.0 Å². The molecule has 0 amide bonds. The van der Waals surface area contributed by atoms with E-state index in [1.165, 1.54) is 25.3 Å². The lowest BCUT2D eigenvalue weighted by atomic mass is 9.87. The monoisotopic (exact) mass is 570 g/mol. The number of ether oxygens (including phenoxy) is 2. The van der Waals surface area contributed by atoms with Crippen molar-refractivity contribution in [1.29, 1.82) is 0 Å². The third kappa shape index (κ3) is 6.79. The van der Waals surface area contributed by atoms with E-state index < -0.39 is 45.6 Å². The quantitative estimate of drug-likeness (QED) is 0.170. The fourth-order valence-electron chi connectivity index (χ4n) is 3.43. The van der Waals surface area contributed by atoms with Gasteiger partial charge in [-0.15, -0.1) is 0 Å². The number of alkyl halides is 3. The van der Waals surface area contributed by atoms with Gasteiger partial charge in [0.15, 0.2) is 18.1 Å². The SMILES string of the molecule is COCOc1c([C@](/C=C/c2ccccc2)(NS(=O)C(C)(C)C)C(F)(F)F)cc(Cl)nc1-c1ccc(F)cc1. The number of nitrogens with zero attached hydrogens (tertiary/aromatic N) is 1. The predicted molar refractivity (Wildman–Crippen MR) is 141 cm³/mol. The molecule has 1 unspecified atom stereocenters. The van der Waals surface area contributed by atoms with Gasteiger partial charge in [-0.25, -0.2) is 18.3 Å². The number of hydrogen-bond donors (Lipinski definition) is 1.